The number of carbonyl (C=O) groups is 3. The molecule has 3 rings (SSSR count). The zero-order valence-electron chi connectivity index (χ0n) is 16.6. The van der Waals surface area contributed by atoms with Gasteiger partial charge in [-0.2, -0.15) is 0 Å². The van der Waals surface area contributed by atoms with E-state index in [1.54, 1.807) is 12.0 Å². The van der Waals surface area contributed by atoms with Crippen LogP contribution < -0.4 is 4.90 Å². The van der Waals surface area contributed by atoms with E-state index in [4.69, 9.17) is 14.2 Å². The molecule has 0 radical (unpaired) electrons. The number of esters is 1. The molecule has 0 N–H and O–H groups in total. The highest BCUT2D eigenvalue weighted by molar-refractivity contribution is 5.97. The van der Waals surface area contributed by atoms with Gasteiger partial charge in [-0.3, -0.25) is 14.6 Å². The van der Waals surface area contributed by atoms with Crippen LogP contribution in [0.25, 0.3) is 0 Å². The monoisotopic (exact) mass is 390 g/mol. The number of ether oxygens (including phenoxy) is 3. The number of likely N-dealkylation sites (tertiary alicyclic amines) is 1. The van der Waals surface area contributed by atoms with E-state index in [2.05, 4.69) is 6.07 Å². The molecular formula is C20H26N2O6. The summed E-state index contributed by atoms with van der Waals surface area (Å²) in [5.74, 6) is -0.883. The molecule has 0 aliphatic carbocycles. The first-order valence-electron chi connectivity index (χ1n) is 9.30. The number of fused-ring (bicyclic) bond motifs is 3. The quantitative estimate of drug-likeness (QED) is 0.565. The fourth-order valence-electron chi connectivity index (χ4n) is 4.33. The molecule has 8 nitrogen and oxygen atoms in total. The van der Waals surface area contributed by atoms with Crippen molar-refractivity contribution in [3.8, 4) is 0 Å². The van der Waals surface area contributed by atoms with Crippen LogP contribution in [0.15, 0.2) is 18.2 Å². The van der Waals surface area contributed by atoms with Crippen molar-refractivity contribution in [2.24, 2.45) is 0 Å². The Kier molecular flexibility index (Phi) is 5.88. The first-order valence-corrected chi connectivity index (χ1v) is 9.30. The summed E-state index contributed by atoms with van der Waals surface area (Å²) in [6.45, 7) is 2.13. The minimum Gasteiger partial charge on any atom is -0.467 e. The molecule has 152 valence electrons. The lowest BCUT2D eigenvalue weighted by atomic mass is 9.94. The number of anilines is 1. The van der Waals surface area contributed by atoms with E-state index >= 15 is 0 Å². The van der Waals surface area contributed by atoms with E-state index in [9.17, 15) is 14.4 Å². The van der Waals surface area contributed by atoms with Crippen LogP contribution in [0.2, 0.25) is 0 Å². The second-order valence-electron chi connectivity index (χ2n) is 7.05. The fourth-order valence-corrected chi connectivity index (χ4v) is 4.33. The number of carbonyl (C=O) groups excluding carboxylic acids is 3. The molecule has 0 spiro atoms. The Morgan fingerprint density at radius 1 is 1.14 bits per heavy atom. The molecule has 28 heavy (non-hydrogen) atoms. The summed E-state index contributed by atoms with van der Waals surface area (Å²) in [5, 5.41) is 0. The third kappa shape index (κ3) is 3.32. The van der Waals surface area contributed by atoms with E-state index in [1.165, 1.54) is 26.0 Å². The van der Waals surface area contributed by atoms with Crippen LogP contribution in [0.4, 0.5) is 10.5 Å². The highest BCUT2D eigenvalue weighted by Crippen LogP contribution is 2.50. The van der Waals surface area contributed by atoms with Crippen LogP contribution in [0.5, 0.6) is 0 Å². The smallest absolute Gasteiger partial charge is 0.411 e. The van der Waals surface area contributed by atoms with Crippen molar-refractivity contribution in [2.75, 3.05) is 32.8 Å². The number of rotatable bonds is 5. The van der Waals surface area contributed by atoms with Crippen LogP contribution in [-0.2, 0) is 30.2 Å². The number of methoxy groups -OCH3 is 3. The van der Waals surface area contributed by atoms with Crippen molar-refractivity contribution < 1.29 is 28.6 Å². The van der Waals surface area contributed by atoms with Crippen molar-refractivity contribution in [1.29, 1.82) is 0 Å². The SMILES string of the molecule is COCCCc1ccc2c(c1)[C@H]1C[C@@H](C(=O)OC)N(C(=O)OC)[C@H]1N2C(C)=O. The molecule has 8 heteroatoms. The molecule has 0 bridgehead atoms. The molecular weight excluding hydrogens is 364 g/mol. The van der Waals surface area contributed by atoms with Gasteiger partial charge in [0.15, 0.2) is 0 Å². The Morgan fingerprint density at radius 2 is 1.89 bits per heavy atom. The van der Waals surface area contributed by atoms with Crippen molar-refractivity contribution in [3.63, 3.8) is 0 Å². The van der Waals surface area contributed by atoms with Gasteiger partial charge in [0.05, 0.1) is 14.2 Å². The van der Waals surface area contributed by atoms with Gasteiger partial charge >= 0.3 is 12.1 Å². The fraction of sp³-hybridized carbons (Fsp3) is 0.550. The first kappa shape index (κ1) is 20.1. The molecule has 0 aromatic heterocycles. The van der Waals surface area contributed by atoms with Gasteiger partial charge in [0, 0.05) is 32.2 Å². The largest absolute Gasteiger partial charge is 0.467 e. The van der Waals surface area contributed by atoms with Crippen molar-refractivity contribution >= 4 is 23.7 Å². The van der Waals surface area contributed by atoms with Crippen molar-refractivity contribution in [3.05, 3.63) is 29.3 Å². The predicted molar refractivity (Wildman–Crippen MR) is 101 cm³/mol. The minimum atomic E-state index is -0.792. The molecule has 2 heterocycles. The summed E-state index contributed by atoms with van der Waals surface area (Å²) < 4.78 is 14.9. The second kappa shape index (κ2) is 8.18. The minimum absolute atomic E-state index is 0.176. The van der Waals surface area contributed by atoms with Crippen molar-refractivity contribution in [1.82, 2.24) is 4.90 Å². The van der Waals surface area contributed by atoms with Gasteiger partial charge in [-0.15, -0.1) is 0 Å². The van der Waals surface area contributed by atoms with E-state index < -0.39 is 24.3 Å². The van der Waals surface area contributed by atoms with Crippen LogP contribution in [0, 0.1) is 0 Å². The average Bonchev–Trinajstić information content (AvgIpc) is 3.21. The third-order valence-corrected chi connectivity index (χ3v) is 5.49. The lowest BCUT2D eigenvalue weighted by Crippen LogP contribution is -2.53. The first-order chi connectivity index (χ1) is 13.4. The summed E-state index contributed by atoms with van der Waals surface area (Å²) in [4.78, 5) is 40.2. The molecule has 2 aliphatic rings. The molecule has 0 unspecified atom stereocenters. The summed E-state index contributed by atoms with van der Waals surface area (Å²) in [6.07, 6.45) is 0.865. The Hall–Kier alpha value is -2.61. The Balaban J connectivity index is 2.01. The van der Waals surface area contributed by atoms with Crippen molar-refractivity contribution in [2.45, 2.75) is 44.3 Å². The van der Waals surface area contributed by atoms with Gasteiger partial charge in [0.25, 0.3) is 0 Å². The molecule has 1 saturated heterocycles. The number of aryl methyl sites for hydroxylation is 1. The summed E-state index contributed by atoms with van der Waals surface area (Å²) in [5.41, 5.74) is 2.87. The normalized spacial score (nSPS) is 22.6. The number of hydrogen-bond donors (Lipinski definition) is 0. The molecule has 1 fully saturated rings. The van der Waals surface area contributed by atoms with Crippen LogP contribution in [-0.4, -0.2) is 63.0 Å². The lowest BCUT2D eigenvalue weighted by Gasteiger charge is -2.33. The van der Waals surface area contributed by atoms with Gasteiger partial charge in [-0.1, -0.05) is 12.1 Å². The van der Waals surface area contributed by atoms with E-state index in [0.717, 1.165) is 29.7 Å². The third-order valence-electron chi connectivity index (χ3n) is 5.49. The van der Waals surface area contributed by atoms with Gasteiger partial charge in [0.2, 0.25) is 5.91 Å². The second-order valence-corrected chi connectivity index (χ2v) is 7.05. The summed E-state index contributed by atoms with van der Waals surface area (Å²) in [7, 11) is 4.22. The van der Waals surface area contributed by atoms with Crippen LogP contribution >= 0.6 is 0 Å². The predicted octanol–water partition coefficient (Wildman–Crippen LogP) is 2.06. The molecule has 3 atom stereocenters. The molecule has 1 aromatic rings. The van der Waals surface area contributed by atoms with Gasteiger partial charge in [-0.25, -0.2) is 9.59 Å². The molecule has 0 saturated carbocycles. The van der Waals surface area contributed by atoms with Crippen LogP contribution in [0.1, 0.15) is 36.8 Å². The Labute approximate surface area is 164 Å². The van der Waals surface area contributed by atoms with E-state index in [-0.39, 0.29) is 11.8 Å². The van der Waals surface area contributed by atoms with E-state index in [1.807, 2.05) is 12.1 Å². The van der Waals surface area contributed by atoms with Gasteiger partial charge in [0.1, 0.15) is 12.2 Å². The average molecular weight is 390 g/mol. The standard InChI is InChI=1S/C20H26N2O6/c1-12(23)21-16-8-7-13(6-5-9-26-2)10-14(16)15-11-17(19(24)27-3)22(18(15)21)20(25)28-4/h7-8,10,15,17-18H,5-6,9,11H2,1-4H3/t15-,17+,18-/m1/s1. The lowest BCUT2D eigenvalue weighted by molar-refractivity contribution is -0.146. The number of hydrogen-bond acceptors (Lipinski definition) is 6. The zero-order chi connectivity index (χ0) is 20.4. The molecule has 1 aromatic carbocycles. The maximum absolute atomic E-state index is 12.5. The molecule has 2 amide bonds. The number of nitrogens with zero attached hydrogens (tertiary/aromatic N) is 2. The topological polar surface area (TPSA) is 85.4 Å². The van der Waals surface area contributed by atoms with Gasteiger partial charge < -0.3 is 14.2 Å². The molecule has 2 aliphatic heterocycles. The Bertz CT molecular complexity index is 780. The summed E-state index contributed by atoms with van der Waals surface area (Å²) >= 11 is 0. The summed E-state index contributed by atoms with van der Waals surface area (Å²) in [6, 6.07) is 5.19. The zero-order valence-corrected chi connectivity index (χ0v) is 16.6. The maximum Gasteiger partial charge on any atom is 0.411 e. The van der Waals surface area contributed by atoms with Gasteiger partial charge in [-0.05, 0) is 36.5 Å². The van der Waals surface area contributed by atoms with E-state index in [0.29, 0.717) is 13.0 Å². The highest BCUT2D eigenvalue weighted by atomic mass is 16.5. The highest BCUT2D eigenvalue weighted by Gasteiger charge is 2.56. The maximum atomic E-state index is 12.5. The Morgan fingerprint density at radius 3 is 2.50 bits per heavy atom. The number of benzene rings is 1. The number of amides is 2. The van der Waals surface area contributed by atoms with Crippen LogP contribution in [0.3, 0.4) is 0 Å².